The van der Waals surface area contributed by atoms with Gasteiger partial charge in [-0.05, 0) is 186 Å². The fraction of sp³-hybridized carbons (Fsp3) is 0.909. The molecular weight excluding hydrogens is 1040 g/mol. The van der Waals surface area contributed by atoms with E-state index in [2.05, 4.69) is 41.5 Å². The van der Waals surface area contributed by atoms with E-state index >= 15 is 0 Å². The van der Waals surface area contributed by atoms with Crippen LogP contribution < -0.4 is 0 Å². The van der Waals surface area contributed by atoms with Gasteiger partial charge < -0.3 is 28.7 Å². The Hall–Kier alpha value is -3.34. The number of likely N-dealkylation sites (tertiary alicyclic amines) is 2. The van der Waals surface area contributed by atoms with Crippen LogP contribution in [-0.2, 0) is 67.3 Å². The van der Waals surface area contributed by atoms with Crippen LogP contribution in [0.4, 0.5) is 0 Å². The molecule has 2 amide bonds. The van der Waals surface area contributed by atoms with Crippen molar-refractivity contribution in [3.05, 3.63) is 0 Å². The van der Waals surface area contributed by atoms with E-state index in [1.165, 1.54) is 40.5 Å². The molecule has 20 atom stereocenters. The molecule has 0 aromatic rings. The zero-order valence-corrected chi connectivity index (χ0v) is 51.6. The van der Waals surface area contributed by atoms with Gasteiger partial charge in [0.2, 0.25) is 23.4 Å². The van der Waals surface area contributed by atoms with Gasteiger partial charge in [0, 0.05) is 115 Å². The third-order valence-corrected chi connectivity index (χ3v) is 26.0. The van der Waals surface area contributed by atoms with Gasteiger partial charge in [-0.25, -0.2) is 0 Å². The molecular formula is C66H102N2O14. The van der Waals surface area contributed by atoms with E-state index in [-0.39, 0.29) is 153 Å². The second-order valence-electron chi connectivity index (χ2n) is 30.0. The maximum atomic E-state index is 13.4. The Labute approximate surface area is 489 Å². The molecule has 0 aromatic heterocycles. The summed E-state index contributed by atoms with van der Waals surface area (Å²) in [4.78, 5) is 110. The van der Waals surface area contributed by atoms with Crippen LogP contribution in [0.3, 0.4) is 0 Å². The minimum atomic E-state index is -1.19. The van der Waals surface area contributed by atoms with Crippen LogP contribution in [0.2, 0.25) is 0 Å². The lowest BCUT2D eigenvalue weighted by atomic mass is 9.42. The molecule has 16 heteroatoms. The van der Waals surface area contributed by atoms with Crippen LogP contribution in [0, 0.1) is 92.7 Å². The second-order valence-corrected chi connectivity index (χ2v) is 30.0. The lowest BCUT2D eigenvalue weighted by Gasteiger charge is -2.66. The molecule has 2 spiro atoms. The molecule has 11 aliphatic rings. The smallest absolute Gasteiger partial charge is 0.302 e. The van der Waals surface area contributed by atoms with Gasteiger partial charge in [-0.3, -0.25) is 28.8 Å². The topological polar surface area (TPSA) is 183 Å². The highest BCUT2D eigenvalue weighted by atomic mass is 17.4. The number of ether oxygens (including phenoxy) is 4. The van der Waals surface area contributed by atoms with Gasteiger partial charge >= 0.3 is 23.9 Å². The Bertz CT molecular complexity index is 2240. The first kappa shape index (κ1) is 60.4. The fourth-order valence-corrected chi connectivity index (χ4v) is 21.9. The van der Waals surface area contributed by atoms with Gasteiger partial charge in [0.25, 0.3) is 0 Å². The number of carbonyl (C=O) groups is 6. The zero-order valence-electron chi connectivity index (χ0n) is 51.6. The van der Waals surface area contributed by atoms with E-state index in [9.17, 15) is 28.8 Å². The van der Waals surface area contributed by atoms with Crippen molar-refractivity contribution in [2.75, 3.05) is 26.2 Å². The van der Waals surface area contributed by atoms with Gasteiger partial charge in [-0.1, -0.05) is 41.5 Å². The maximum Gasteiger partial charge on any atom is 0.302 e. The van der Waals surface area contributed by atoms with E-state index in [4.69, 9.17) is 38.5 Å². The molecule has 11 rings (SSSR count). The number of hydrogen-bond acceptors (Lipinski definition) is 14. The average molecular weight is 1150 g/mol. The Morgan fingerprint density at radius 3 is 1.16 bits per heavy atom. The molecule has 8 aliphatic carbocycles. The van der Waals surface area contributed by atoms with Crippen LogP contribution in [0.1, 0.15) is 223 Å². The molecule has 0 N–H and O–H groups in total. The molecule has 0 bridgehead atoms. The van der Waals surface area contributed by atoms with Crippen molar-refractivity contribution in [3.8, 4) is 0 Å². The molecule has 10 unspecified atom stereocenters. The number of fused-ring (bicyclic) bond motifs is 10. The zero-order chi connectivity index (χ0) is 58.3. The summed E-state index contributed by atoms with van der Waals surface area (Å²) >= 11 is 0. The first-order valence-corrected chi connectivity index (χ1v) is 32.9. The van der Waals surface area contributed by atoms with Crippen molar-refractivity contribution in [1.82, 2.24) is 9.80 Å². The lowest BCUT2D eigenvalue weighted by molar-refractivity contribution is -0.667. The Kier molecular flexibility index (Phi) is 17.0. The number of hydrogen-bond donors (Lipinski definition) is 0. The van der Waals surface area contributed by atoms with Crippen molar-refractivity contribution in [1.29, 1.82) is 0 Å². The van der Waals surface area contributed by atoms with Crippen molar-refractivity contribution < 1.29 is 67.3 Å². The van der Waals surface area contributed by atoms with Crippen molar-refractivity contribution in [2.45, 2.75) is 259 Å². The normalized spacial score (nSPS) is 45.7. The maximum absolute atomic E-state index is 13.4. The largest absolute Gasteiger partial charge is 0.462 e. The summed E-state index contributed by atoms with van der Waals surface area (Å²) in [5.41, 5.74) is -1.16. The second kappa shape index (κ2) is 23.1. The van der Waals surface area contributed by atoms with E-state index in [1.807, 2.05) is 9.80 Å². The van der Waals surface area contributed by atoms with E-state index < -0.39 is 11.6 Å². The molecule has 3 heterocycles. The minimum Gasteiger partial charge on any atom is -0.462 e. The first-order chi connectivity index (χ1) is 38.9. The molecule has 3 saturated heterocycles. The number of nitrogens with zero attached hydrogens (tertiary/aromatic N) is 2. The summed E-state index contributed by atoms with van der Waals surface area (Å²) in [7, 11) is 0. The third-order valence-electron chi connectivity index (χ3n) is 26.0. The van der Waals surface area contributed by atoms with Crippen molar-refractivity contribution in [2.24, 2.45) is 92.7 Å². The average Bonchev–Trinajstić information content (AvgIpc) is 1.45. The summed E-state index contributed by atoms with van der Waals surface area (Å²) in [6, 6.07) is 0. The molecule has 16 nitrogen and oxygen atoms in total. The number of rotatable bonds is 12. The summed E-state index contributed by atoms with van der Waals surface area (Å²) in [6.45, 7) is 23.5. The highest BCUT2D eigenvalue weighted by Gasteiger charge is 2.72. The van der Waals surface area contributed by atoms with Crippen LogP contribution in [0.5, 0.6) is 0 Å². The predicted octanol–water partition coefficient (Wildman–Crippen LogP) is 11.6. The van der Waals surface area contributed by atoms with Crippen LogP contribution in [0.15, 0.2) is 0 Å². The molecule has 8 saturated carbocycles. The number of esters is 4. The summed E-state index contributed by atoms with van der Waals surface area (Å²) in [5.74, 6) is -1.42. The monoisotopic (exact) mass is 1150 g/mol. The van der Waals surface area contributed by atoms with Gasteiger partial charge in [-0.15, -0.1) is 0 Å². The Balaban J connectivity index is 0.785. The number of piperidine rings is 2. The molecule has 0 aromatic carbocycles. The van der Waals surface area contributed by atoms with Gasteiger partial charge in [-0.2, -0.15) is 19.6 Å². The molecule has 0 radical (unpaired) electrons. The standard InChI is InChI=1S/C66H102N2O14/c1-39(17-23-57(73)67-29-13-11-14-30-67)47-19-21-49-59-51(35-55(63(47,49)9)77-43(5)71)61(7)25-27-65(37-45(61)33-53(59)75-41(3)69)79-81-66(82-80-65)28-26-62(8)46(38-66)34-54(76-42(4)70)60-50-22-20-48(64(50,10)56(36-52(60)62)78-44(6)72)40(2)18-24-58(74)68-31-15-12-16-32-68/h39-40,45-56,59-60H,11-38H2,1-10H3/t39?,40?,45-,46-,47-,48-,49?,50?,51?,52?,53?,54?,55+,56+,59?,60?,61+,62+,63-,64-,65?,66?/m1/s1. The fourth-order valence-electron chi connectivity index (χ4n) is 21.9. The van der Waals surface area contributed by atoms with Crippen LogP contribution in [0.25, 0.3) is 0 Å². The minimum absolute atomic E-state index is 0.00384. The summed E-state index contributed by atoms with van der Waals surface area (Å²) < 4.78 is 25.9. The predicted molar refractivity (Wildman–Crippen MR) is 302 cm³/mol. The van der Waals surface area contributed by atoms with Gasteiger partial charge in [0.05, 0.1) is 0 Å². The van der Waals surface area contributed by atoms with Crippen LogP contribution in [-0.4, -0.2) is 108 Å². The number of carbonyl (C=O) groups excluding carboxylic acids is 6. The third kappa shape index (κ3) is 10.7. The van der Waals surface area contributed by atoms with Crippen LogP contribution >= 0.6 is 0 Å². The highest BCUT2D eigenvalue weighted by Crippen LogP contribution is 2.73. The molecule has 460 valence electrons. The van der Waals surface area contributed by atoms with Gasteiger partial charge in [0.15, 0.2) is 0 Å². The lowest BCUT2D eigenvalue weighted by Crippen LogP contribution is -2.66. The van der Waals surface area contributed by atoms with E-state index in [1.54, 1.807) is 0 Å². The Morgan fingerprint density at radius 2 is 0.817 bits per heavy atom. The molecule has 3 aliphatic heterocycles. The molecule has 82 heavy (non-hydrogen) atoms. The van der Waals surface area contributed by atoms with Crippen molar-refractivity contribution in [3.63, 3.8) is 0 Å². The highest BCUT2D eigenvalue weighted by molar-refractivity contribution is 5.76. The Morgan fingerprint density at radius 1 is 0.463 bits per heavy atom. The van der Waals surface area contributed by atoms with Crippen molar-refractivity contribution >= 4 is 35.7 Å². The SMILES string of the molecule is CC(=O)OC1C[C@@H]2CC3(CC[C@]2(C)C2C[C@H](OC(C)=O)[C@@]4(C)C(CC[C@@H]4C(C)CCC(=O)N4CCCCC4)C12)OOC1(CC[C@]2(C)C4C[C@H](OC(C)=O)[C@@]5(C)C(CC[C@@H]5C(C)CCC(=O)N5CCCCC5)C4C(OC(C)=O)C[C@@H]2C1)OO3. The van der Waals surface area contributed by atoms with E-state index in [0.29, 0.717) is 64.2 Å². The van der Waals surface area contributed by atoms with E-state index in [0.717, 1.165) is 103 Å². The first-order valence-electron chi connectivity index (χ1n) is 32.9. The molecule has 11 fully saturated rings. The van der Waals surface area contributed by atoms with Gasteiger partial charge in [0.1, 0.15) is 24.4 Å². The summed E-state index contributed by atoms with van der Waals surface area (Å²) in [6.07, 6.45) is 17.9. The number of amides is 2. The summed E-state index contributed by atoms with van der Waals surface area (Å²) in [5, 5.41) is 0. The quantitative estimate of drug-likeness (QED) is 0.102.